The summed E-state index contributed by atoms with van der Waals surface area (Å²) in [6.07, 6.45) is 1.08. The first-order valence-corrected chi connectivity index (χ1v) is 9.12. The lowest BCUT2D eigenvalue weighted by Crippen LogP contribution is -2.32. The van der Waals surface area contributed by atoms with Crippen molar-refractivity contribution in [2.45, 2.75) is 32.9 Å². The highest BCUT2D eigenvalue weighted by atomic mass is 16.5. The summed E-state index contributed by atoms with van der Waals surface area (Å²) >= 11 is 0. The van der Waals surface area contributed by atoms with Crippen LogP contribution in [0.4, 0.5) is 5.95 Å². The van der Waals surface area contributed by atoms with E-state index in [2.05, 4.69) is 46.3 Å². The molecule has 1 aliphatic heterocycles. The molecule has 0 fully saturated rings. The maximum absolute atomic E-state index is 5.90. The molecule has 4 heteroatoms. The summed E-state index contributed by atoms with van der Waals surface area (Å²) in [5.41, 5.74) is 4.73. The molecule has 0 bridgehead atoms. The van der Waals surface area contributed by atoms with Gasteiger partial charge in [0, 0.05) is 24.7 Å². The van der Waals surface area contributed by atoms with Gasteiger partial charge >= 0.3 is 0 Å². The highest BCUT2D eigenvalue weighted by Crippen LogP contribution is 2.27. The Morgan fingerprint density at radius 1 is 0.923 bits per heavy atom. The molecule has 4 rings (SSSR count). The van der Waals surface area contributed by atoms with Crippen LogP contribution in [0.15, 0.2) is 60.7 Å². The van der Waals surface area contributed by atoms with Crippen molar-refractivity contribution >= 4 is 5.95 Å². The van der Waals surface area contributed by atoms with Crippen molar-refractivity contribution in [3.63, 3.8) is 0 Å². The van der Waals surface area contributed by atoms with Crippen LogP contribution in [0.1, 0.15) is 25.0 Å². The number of rotatable bonds is 4. The molecule has 1 aromatic heterocycles. The molecular formula is C22H23N3O. The number of hydrogen-bond donors (Lipinski definition) is 0. The lowest BCUT2D eigenvalue weighted by atomic mass is 10.0. The normalized spacial score (nSPS) is 13.6. The van der Waals surface area contributed by atoms with E-state index in [0.29, 0.717) is 5.88 Å². The Labute approximate surface area is 154 Å². The van der Waals surface area contributed by atoms with Crippen LogP contribution in [-0.2, 0) is 13.0 Å². The van der Waals surface area contributed by atoms with Crippen molar-refractivity contribution in [1.82, 2.24) is 9.97 Å². The molecule has 0 radical (unpaired) electrons. The van der Waals surface area contributed by atoms with E-state index < -0.39 is 0 Å². The Morgan fingerprint density at radius 2 is 1.65 bits per heavy atom. The van der Waals surface area contributed by atoms with Crippen molar-refractivity contribution in [2.75, 3.05) is 11.4 Å². The molecule has 4 nitrogen and oxygen atoms in total. The highest BCUT2D eigenvalue weighted by Gasteiger charge is 2.20. The minimum atomic E-state index is 0.0726. The fraction of sp³-hybridized carbons (Fsp3) is 0.273. The van der Waals surface area contributed by atoms with E-state index >= 15 is 0 Å². The monoisotopic (exact) mass is 345 g/mol. The standard InChI is InChI=1S/C22H23N3O/c1-16(2)26-21-14-20(18-9-4-3-5-10-18)23-22(24-21)25-13-12-17-8-6-7-11-19(17)15-25/h3-11,14,16H,12-13,15H2,1-2H3. The zero-order valence-electron chi connectivity index (χ0n) is 15.2. The summed E-state index contributed by atoms with van der Waals surface area (Å²) in [6, 6.07) is 20.7. The predicted octanol–water partition coefficient (Wildman–Crippen LogP) is 4.49. The zero-order valence-corrected chi connectivity index (χ0v) is 15.2. The van der Waals surface area contributed by atoms with Gasteiger partial charge in [-0.05, 0) is 31.4 Å². The van der Waals surface area contributed by atoms with Crippen LogP contribution in [0.3, 0.4) is 0 Å². The van der Waals surface area contributed by atoms with Crippen LogP contribution < -0.4 is 9.64 Å². The maximum Gasteiger partial charge on any atom is 0.229 e. The van der Waals surface area contributed by atoms with Gasteiger partial charge in [-0.15, -0.1) is 0 Å². The summed E-state index contributed by atoms with van der Waals surface area (Å²) in [5, 5.41) is 0. The third-order valence-electron chi connectivity index (χ3n) is 4.53. The molecule has 2 aromatic carbocycles. The molecule has 2 heterocycles. The summed E-state index contributed by atoms with van der Waals surface area (Å²) in [4.78, 5) is 11.8. The summed E-state index contributed by atoms with van der Waals surface area (Å²) in [5.74, 6) is 1.36. The molecule has 0 saturated carbocycles. The maximum atomic E-state index is 5.90. The van der Waals surface area contributed by atoms with Crippen LogP contribution in [0.25, 0.3) is 11.3 Å². The molecule has 0 amide bonds. The average Bonchev–Trinajstić information content (AvgIpc) is 2.67. The molecule has 132 valence electrons. The number of fused-ring (bicyclic) bond motifs is 1. The minimum Gasteiger partial charge on any atom is -0.475 e. The SMILES string of the molecule is CC(C)Oc1cc(-c2ccccc2)nc(N2CCc3ccccc3C2)n1. The third-order valence-corrected chi connectivity index (χ3v) is 4.53. The molecule has 0 saturated heterocycles. The summed E-state index contributed by atoms with van der Waals surface area (Å²) < 4.78 is 5.90. The van der Waals surface area contributed by atoms with Crippen LogP contribution in [0.2, 0.25) is 0 Å². The van der Waals surface area contributed by atoms with Crippen molar-refractivity contribution in [1.29, 1.82) is 0 Å². The number of aromatic nitrogens is 2. The van der Waals surface area contributed by atoms with Gasteiger partial charge in [0.15, 0.2) is 0 Å². The van der Waals surface area contributed by atoms with Gasteiger partial charge in [0.2, 0.25) is 11.8 Å². The highest BCUT2D eigenvalue weighted by molar-refractivity contribution is 5.62. The second-order valence-corrected chi connectivity index (χ2v) is 6.86. The number of benzene rings is 2. The first kappa shape index (κ1) is 16.6. The molecule has 0 atom stereocenters. The van der Waals surface area contributed by atoms with E-state index in [-0.39, 0.29) is 6.10 Å². The third kappa shape index (κ3) is 3.54. The van der Waals surface area contributed by atoms with Gasteiger partial charge in [-0.25, -0.2) is 4.98 Å². The van der Waals surface area contributed by atoms with Crippen LogP contribution >= 0.6 is 0 Å². The lowest BCUT2D eigenvalue weighted by Gasteiger charge is -2.29. The average molecular weight is 345 g/mol. The van der Waals surface area contributed by atoms with E-state index in [1.807, 2.05) is 38.1 Å². The van der Waals surface area contributed by atoms with Crippen molar-refractivity contribution in [2.24, 2.45) is 0 Å². The topological polar surface area (TPSA) is 38.2 Å². The van der Waals surface area contributed by atoms with Crippen molar-refractivity contribution in [3.8, 4) is 17.1 Å². The van der Waals surface area contributed by atoms with Gasteiger partial charge in [0.05, 0.1) is 11.8 Å². The van der Waals surface area contributed by atoms with E-state index in [1.54, 1.807) is 0 Å². The Balaban J connectivity index is 1.71. The molecule has 3 aromatic rings. The second-order valence-electron chi connectivity index (χ2n) is 6.86. The van der Waals surface area contributed by atoms with Gasteiger partial charge < -0.3 is 9.64 Å². The van der Waals surface area contributed by atoms with E-state index in [9.17, 15) is 0 Å². The van der Waals surface area contributed by atoms with Gasteiger partial charge in [-0.3, -0.25) is 0 Å². The van der Waals surface area contributed by atoms with Gasteiger partial charge in [-0.1, -0.05) is 54.6 Å². The number of hydrogen-bond acceptors (Lipinski definition) is 4. The Hall–Kier alpha value is -2.88. The molecule has 0 unspecified atom stereocenters. The second kappa shape index (κ2) is 7.16. The molecule has 0 spiro atoms. The van der Waals surface area contributed by atoms with Gasteiger partial charge in [0.1, 0.15) is 0 Å². The minimum absolute atomic E-state index is 0.0726. The number of ether oxygens (including phenoxy) is 1. The molecular weight excluding hydrogens is 322 g/mol. The Morgan fingerprint density at radius 3 is 2.42 bits per heavy atom. The van der Waals surface area contributed by atoms with E-state index in [4.69, 9.17) is 9.72 Å². The quantitative estimate of drug-likeness (QED) is 0.698. The van der Waals surface area contributed by atoms with Crippen LogP contribution in [0, 0.1) is 0 Å². The molecule has 0 N–H and O–H groups in total. The Kier molecular flexibility index (Phi) is 4.57. The van der Waals surface area contributed by atoms with E-state index in [1.165, 1.54) is 11.1 Å². The van der Waals surface area contributed by atoms with Crippen molar-refractivity contribution in [3.05, 3.63) is 71.8 Å². The lowest BCUT2D eigenvalue weighted by molar-refractivity contribution is 0.232. The summed E-state index contributed by atoms with van der Waals surface area (Å²) in [6.45, 7) is 5.77. The zero-order chi connectivity index (χ0) is 17.9. The van der Waals surface area contributed by atoms with Crippen LogP contribution in [0.5, 0.6) is 5.88 Å². The Bertz CT molecular complexity index is 893. The largest absolute Gasteiger partial charge is 0.475 e. The number of anilines is 1. The van der Waals surface area contributed by atoms with Gasteiger partial charge in [0.25, 0.3) is 0 Å². The van der Waals surface area contributed by atoms with Crippen LogP contribution in [-0.4, -0.2) is 22.6 Å². The van der Waals surface area contributed by atoms with Gasteiger partial charge in [-0.2, -0.15) is 4.98 Å². The predicted molar refractivity (Wildman–Crippen MR) is 104 cm³/mol. The first-order valence-electron chi connectivity index (χ1n) is 9.12. The van der Waals surface area contributed by atoms with Crippen molar-refractivity contribution < 1.29 is 4.74 Å². The summed E-state index contributed by atoms with van der Waals surface area (Å²) in [7, 11) is 0. The molecule has 26 heavy (non-hydrogen) atoms. The van der Waals surface area contributed by atoms with E-state index in [0.717, 1.165) is 36.7 Å². The number of nitrogens with zero attached hydrogens (tertiary/aromatic N) is 3. The molecule has 1 aliphatic rings. The first-order chi connectivity index (χ1) is 12.7. The smallest absolute Gasteiger partial charge is 0.229 e. The molecule has 0 aliphatic carbocycles. The fourth-order valence-electron chi connectivity index (χ4n) is 3.28. The fourth-order valence-corrected chi connectivity index (χ4v) is 3.28.